The van der Waals surface area contributed by atoms with Gasteiger partial charge in [-0.15, -0.1) is 0 Å². The maximum absolute atomic E-state index is 11.9. The third-order valence-electron chi connectivity index (χ3n) is 2.23. The van der Waals surface area contributed by atoms with Crippen LogP contribution in [-0.4, -0.2) is 71.7 Å². The van der Waals surface area contributed by atoms with Crippen LogP contribution >= 0.6 is 0 Å². The van der Waals surface area contributed by atoms with Crippen LogP contribution in [0.3, 0.4) is 0 Å². The summed E-state index contributed by atoms with van der Waals surface area (Å²) in [5, 5.41) is 0. The molecule has 0 aromatic carbocycles. The molecule has 104 valence electrons. The molecule has 20 heavy (non-hydrogen) atoms. The number of aliphatic imine (C=N–C) groups is 3. The molecule has 1 saturated heterocycles. The molecule has 0 saturated carbocycles. The Morgan fingerprint density at radius 3 is 1.60 bits per heavy atom. The zero-order valence-electron chi connectivity index (χ0n) is 10.1. The Bertz CT molecular complexity index is 505. The van der Waals surface area contributed by atoms with Gasteiger partial charge in [-0.25, -0.2) is 28.9 Å². The van der Waals surface area contributed by atoms with Gasteiger partial charge in [-0.05, 0) is 0 Å². The number of hydrogen-bond donors (Lipinski definition) is 0. The maximum atomic E-state index is 11.9. The molecule has 0 radical (unpaired) electrons. The highest BCUT2D eigenvalue weighted by Gasteiger charge is 2.36. The Morgan fingerprint density at radius 1 is 0.800 bits per heavy atom. The zero-order chi connectivity index (χ0) is 15.0. The molecule has 1 aliphatic heterocycles. The highest BCUT2D eigenvalue weighted by atomic mass is 16.2. The summed E-state index contributed by atoms with van der Waals surface area (Å²) in [6.45, 7) is -1.43. The molecule has 1 rings (SSSR count). The number of urea groups is 2. The Kier molecular flexibility index (Phi) is 5.49. The van der Waals surface area contributed by atoms with Crippen LogP contribution < -0.4 is 0 Å². The highest BCUT2D eigenvalue weighted by molar-refractivity contribution is 5.95. The molecule has 4 amide bonds. The van der Waals surface area contributed by atoms with Crippen molar-refractivity contribution in [2.45, 2.75) is 0 Å². The first-order valence-electron chi connectivity index (χ1n) is 5.12. The second-order valence-electron chi connectivity index (χ2n) is 3.39. The van der Waals surface area contributed by atoms with Crippen LogP contribution in [0.4, 0.5) is 9.59 Å². The number of nitrogens with zero attached hydrogens (tertiary/aromatic N) is 6. The number of carbonyl (C=O) groups is 2. The van der Waals surface area contributed by atoms with Gasteiger partial charge < -0.3 is 0 Å². The summed E-state index contributed by atoms with van der Waals surface area (Å²) >= 11 is 0. The standard InChI is InChI=1S/C9H8N6O5/c16-4-10-1-13-7-14(2-11-5-17)9(20)15(8(13)19)3-12-6-18/h1-3,7H2. The average Bonchev–Trinajstić information content (AvgIpc) is 2.45. The number of amides is 4. The van der Waals surface area contributed by atoms with Gasteiger partial charge in [0.15, 0.2) is 0 Å². The van der Waals surface area contributed by atoms with E-state index in [9.17, 15) is 24.0 Å². The van der Waals surface area contributed by atoms with Crippen LogP contribution in [0, 0.1) is 0 Å². The predicted molar refractivity (Wildman–Crippen MR) is 60.1 cm³/mol. The predicted octanol–water partition coefficient (Wildman–Crippen LogP) is -1.02. The fourth-order valence-corrected chi connectivity index (χ4v) is 1.41. The van der Waals surface area contributed by atoms with Crippen LogP contribution in [0.1, 0.15) is 0 Å². The molecule has 0 atom stereocenters. The molecule has 0 aliphatic carbocycles. The van der Waals surface area contributed by atoms with Crippen molar-refractivity contribution in [2.75, 3.05) is 26.7 Å². The molecule has 11 heteroatoms. The van der Waals surface area contributed by atoms with Crippen molar-refractivity contribution in [3.8, 4) is 0 Å². The van der Waals surface area contributed by atoms with Crippen LogP contribution in [0.15, 0.2) is 15.0 Å². The molecular weight excluding hydrogens is 272 g/mol. The molecular formula is C9H8N6O5. The fraction of sp³-hybridized carbons (Fsp3) is 0.444. The SMILES string of the molecule is O=C=NCN1CN(CN=C=O)C(=O)N(CN=C=O)C1=O. The van der Waals surface area contributed by atoms with Crippen molar-refractivity contribution in [3.05, 3.63) is 0 Å². The monoisotopic (exact) mass is 280 g/mol. The molecule has 0 aromatic heterocycles. The first kappa shape index (κ1) is 14.9. The van der Waals surface area contributed by atoms with Crippen molar-refractivity contribution >= 4 is 30.3 Å². The molecule has 1 heterocycles. The summed E-state index contributed by atoms with van der Waals surface area (Å²) in [4.78, 5) is 66.2. The summed E-state index contributed by atoms with van der Waals surface area (Å²) in [6.07, 6.45) is 3.69. The molecule has 0 bridgehead atoms. The van der Waals surface area contributed by atoms with Crippen LogP contribution in [0.2, 0.25) is 0 Å². The third-order valence-corrected chi connectivity index (χ3v) is 2.23. The van der Waals surface area contributed by atoms with Gasteiger partial charge in [-0.1, -0.05) is 0 Å². The van der Waals surface area contributed by atoms with Crippen LogP contribution in [0.5, 0.6) is 0 Å². The third kappa shape index (κ3) is 3.44. The summed E-state index contributed by atoms with van der Waals surface area (Å²) < 4.78 is 0. The second kappa shape index (κ2) is 7.34. The fourth-order valence-electron chi connectivity index (χ4n) is 1.41. The van der Waals surface area contributed by atoms with Crippen LogP contribution in [0.25, 0.3) is 0 Å². The second-order valence-corrected chi connectivity index (χ2v) is 3.39. The molecule has 0 spiro atoms. The van der Waals surface area contributed by atoms with Gasteiger partial charge in [-0.2, -0.15) is 15.0 Å². The normalized spacial score (nSPS) is 14.3. The van der Waals surface area contributed by atoms with Crippen molar-refractivity contribution in [1.29, 1.82) is 0 Å². The molecule has 0 unspecified atom stereocenters. The number of imide groups is 1. The summed E-state index contributed by atoms with van der Waals surface area (Å²) in [5.41, 5.74) is 0. The highest BCUT2D eigenvalue weighted by Crippen LogP contribution is 2.12. The van der Waals surface area contributed by atoms with Gasteiger partial charge in [-0.3, -0.25) is 9.80 Å². The van der Waals surface area contributed by atoms with E-state index in [4.69, 9.17) is 0 Å². The first-order valence-corrected chi connectivity index (χ1v) is 5.12. The molecule has 1 fully saturated rings. The van der Waals surface area contributed by atoms with Crippen molar-refractivity contribution in [2.24, 2.45) is 15.0 Å². The zero-order valence-corrected chi connectivity index (χ0v) is 10.1. The summed E-state index contributed by atoms with van der Waals surface area (Å²) in [5.74, 6) is 0. The lowest BCUT2D eigenvalue weighted by Crippen LogP contribution is -2.60. The van der Waals surface area contributed by atoms with E-state index in [0.717, 1.165) is 9.80 Å². The number of isocyanates is 3. The summed E-state index contributed by atoms with van der Waals surface area (Å²) in [7, 11) is 0. The number of rotatable bonds is 6. The number of carbonyl (C=O) groups excluding carboxylic acids is 5. The van der Waals surface area contributed by atoms with Crippen molar-refractivity contribution < 1.29 is 24.0 Å². The van der Waals surface area contributed by atoms with Gasteiger partial charge in [0.25, 0.3) is 0 Å². The first-order chi connectivity index (χ1) is 9.65. The molecule has 0 aromatic rings. The quantitative estimate of drug-likeness (QED) is 0.453. The van der Waals surface area contributed by atoms with E-state index >= 15 is 0 Å². The minimum absolute atomic E-state index is 0.227. The van der Waals surface area contributed by atoms with Gasteiger partial charge in [0, 0.05) is 0 Å². The van der Waals surface area contributed by atoms with E-state index in [1.54, 1.807) is 0 Å². The van der Waals surface area contributed by atoms with E-state index in [0.29, 0.717) is 4.90 Å². The average molecular weight is 280 g/mol. The van der Waals surface area contributed by atoms with E-state index < -0.39 is 18.7 Å². The molecule has 0 N–H and O–H groups in total. The smallest absolute Gasteiger partial charge is 0.286 e. The topological polar surface area (TPSA) is 132 Å². The largest absolute Gasteiger partial charge is 0.332 e. The minimum atomic E-state index is -0.792. The number of hydrogen-bond acceptors (Lipinski definition) is 8. The van der Waals surface area contributed by atoms with E-state index in [1.165, 1.54) is 18.2 Å². The Morgan fingerprint density at radius 2 is 1.20 bits per heavy atom. The Hall–Kier alpha value is -3.12. The van der Waals surface area contributed by atoms with E-state index in [1.807, 2.05) is 0 Å². The van der Waals surface area contributed by atoms with Gasteiger partial charge >= 0.3 is 12.1 Å². The van der Waals surface area contributed by atoms with E-state index in [2.05, 4.69) is 15.0 Å². The molecule has 11 nitrogen and oxygen atoms in total. The van der Waals surface area contributed by atoms with Gasteiger partial charge in [0.2, 0.25) is 18.2 Å². The lowest BCUT2D eigenvalue weighted by molar-refractivity contribution is 0.0816. The van der Waals surface area contributed by atoms with Gasteiger partial charge in [0.05, 0.1) is 0 Å². The van der Waals surface area contributed by atoms with Gasteiger partial charge in [0.1, 0.15) is 26.7 Å². The minimum Gasteiger partial charge on any atom is -0.286 e. The van der Waals surface area contributed by atoms with Crippen LogP contribution in [-0.2, 0) is 14.4 Å². The maximum Gasteiger partial charge on any atom is 0.332 e. The lowest BCUT2D eigenvalue weighted by atomic mass is 10.5. The Labute approximate surface area is 111 Å². The summed E-state index contributed by atoms with van der Waals surface area (Å²) in [6, 6.07) is -1.58. The van der Waals surface area contributed by atoms with E-state index in [-0.39, 0.29) is 20.0 Å². The molecule has 1 aliphatic rings. The Balaban J connectivity index is 2.97. The lowest BCUT2D eigenvalue weighted by Gasteiger charge is -2.38. The van der Waals surface area contributed by atoms with Crippen molar-refractivity contribution in [1.82, 2.24) is 14.7 Å². The van der Waals surface area contributed by atoms with Crippen molar-refractivity contribution in [3.63, 3.8) is 0 Å².